The molecule has 1 aliphatic rings. The summed E-state index contributed by atoms with van der Waals surface area (Å²) in [5.41, 5.74) is 2.03. The number of carbonyl (C=O) groups excluding carboxylic acids is 2. The van der Waals surface area contributed by atoms with Crippen LogP contribution in [0.5, 0.6) is 0 Å². The van der Waals surface area contributed by atoms with Crippen LogP contribution in [-0.4, -0.2) is 70.1 Å². The lowest BCUT2D eigenvalue weighted by Crippen LogP contribution is -2.53. The Morgan fingerprint density at radius 3 is 2.39 bits per heavy atom. The topological polar surface area (TPSA) is 87.2 Å². The molecule has 8 heteroatoms. The molecule has 33 heavy (non-hydrogen) atoms. The van der Waals surface area contributed by atoms with Crippen LogP contribution in [0.3, 0.4) is 0 Å². The molecular weight excluding hydrogens is 440 g/mol. The summed E-state index contributed by atoms with van der Waals surface area (Å²) in [6.07, 6.45) is 0.882. The first-order valence-electron chi connectivity index (χ1n) is 11.1. The van der Waals surface area contributed by atoms with E-state index in [1.807, 2.05) is 60.7 Å². The summed E-state index contributed by atoms with van der Waals surface area (Å²) >= 11 is 1.55. The van der Waals surface area contributed by atoms with Gasteiger partial charge in [-0.1, -0.05) is 60.7 Å². The number of nitrogens with zero attached hydrogens (tertiary/aromatic N) is 2. The molecule has 0 spiro atoms. The monoisotopic (exact) mass is 470 g/mol. The second-order valence-corrected chi connectivity index (χ2v) is 8.90. The molecule has 3 rings (SSSR count). The third-order valence-corrected chi connectivity index (χ3v) is 6.67. The minimum Gasteiger partial charge on any atom is -0.480 e. The molecule has 2 atom stereocenters. The number of aryl methyl sites for hydroxylation is 1. The zero-order valence-corrected chi connectivity index (χ0v) is 19.6. The van der Waals surface area contributed by atoms with E-state index in [1.54, 1.807) is 18.7 Å². The quantitative estimate of drug-likeness (QED) is 0.599. The maximum Gasteiger partial charge on any atom is 0.410 e. The van der Waals surface area contributed by atoms with Gasteiger partial charge in [0.15, 0.2) is 0 Å². The third kappa shape index (κ3) is 6.74. The molecule has 1 fully saturated rings. The fraction of sp³-hybridized carbons (Fsp3) is 0.400. The Labute approximate surface area is 198 Å². The Morgan fingerprint density at radius 2 is 1.76 bits per heavy atom. The van der Waals surface area contributed by atoms with Gasteiger partial charge in [0.2, 0.25) is 5.91 Å². The van der Waals surface area contributed by atoms with Gasteiger partial charge in [-0.05, 0) is 30.9 Å². The smallest absolute Gasteiger partial charge is 0.410 e. The molecule has 0 bridgehead atoms. The first kappa shape index (κ1) is 24.6. The highest BCUT2D eigenvalue weighted by atomic mass is 32.2. The highest BCUT2D eigenvalue weighted by Gasteiger charge is 2.40. The molecule has 176 valence electrons. The van der Waals surface area contributed by atoms with Gasteiger partial charge in [-0.2, -0.15) is 11.8 Å². The summed E-state index contributed by atoms with van der Waals surface area (Å²) in [5.74, 6) is -0.492. The van der Waals surface area contributed by atoms with Crippen molar-refractivity contribution in [3.8, 4) is 0 Å². The van der Waals surface area contributed by atoms with Gasteiger partial charge in [0.1, 0.15) is 12.6 Å². The van der Waals surface area contributed by atoms with Gasteiger partial charge in [0.05, 0.1) is 12.6 Å². The zero-order valence-electron chi connectivity index (χ0n) is 18.8. The Hall–Kier alpha value is -3.00. The molecule has 0 saturated carbocycles. The van der Waals surface area contributed by atoms with Crippen molar-refractivity contribution in [1.29, 1.82) is 0 Å². The summed E-state index contributed by atoms with van der Waals surface area (Å²) in [6.45, 7) is 1.86. The number of hydrogen-bond donors (Lipinski definition) is 1. The number of amides is 2. The highest BCUT2D eigenvalue weighted by Crippen LogP contribution is 2.31. The van der Waals surface area contributed by atoms with Crippen molar-refractivity contribution in [3.05, 3.63) is 71.8 Å². The standard InChI is InChI=1S/C25H30N2O5S/c1-2-32-25(31)26(15-9-12-19-10-5-3-6-11-19)22-18-33-17-21(20-13-7-4-8-14-20)27(24(22)30)16-23(28)29/h3-8,10-11,13-14,21-22H,2,9,12,15-18H2,1H3,(H,28,29)/t21-,22-/m0/s1. The average Bonchev–Trinajstić information content (AvgIpc) is 2.97. The summed E-state index contributed by atoms with van der Waals surface area (Å²) in [4.78, 5) is 41.0. The number of carboxylic acids is 1. The van der Waals surface area contributed by atoms with E-state index in [-0.39, 0.29) is 18.6 Å². The van der Waals surface area contributed by atoms with Gasteiger partial charge in [-0.3, -0.25) is 14.5 Å². The molecule has 0 aliphatic carbocycles. The molecule has 1 N–H and O–H groups in total. The van der Waals surface area contributed by atoms with E-state index in [0.717, 1.165) is 17.5 Å². The predicted molar refractivity (Wildman–Crippen MR) is 128 cm³/mol. The fourth-order valence-corrected chi connectivity index (χ4v) is 5.26. The van der Waals surface area contributed by atoms with Crippen molar-refractivity contribution in [2.45, 2.75) is 31.8 Å². The van der Waals surface area contributed by atoms with Crippen molar-refractivity contribution in [2.75, 3.05) is 31.2 Å². The van der Waals surface area contributed by atoms with E-state index < -0.39 is 24.6 Å². The number of carbonyl (C=O) groups is 3. The summed E-state index contributed by atoms with van der Waals surface area (Å²) in [6, 6.07) is 18.2. The molecule has 0 unspecified atom stereocenters. The number of thioether (sulfide) groups is 1. The first-order chi connectivity index (χ1) is 16.0. The Morgan fingerprint density at radius 1 is 1.09 bits per heavy atom. The Kier molecular flexibility index (Phi) is 9.18. The largest absolute Gasteiger partial charge is 0.480 e. The summed E-state index contributed by atoms with van der Waals surface area (Å²) in [7, 11) is 0. The minimum atomic E-state index is -1.08. The molecule has 1 heterocycles. The van der Waals surface area contributed by atoms with E-state index in [0.29, 0.717) is 24.5 Å². The van der Waals surface area contributed by atoms with Crippen LogP contribution in [0, 0.1) is 0 Å². The maximum absolute atomic E-state index is 13.6. The van der Waals surface area contributed by atoms with Crippen LogP contribution >= 0.6 is 11.8 Å². The predicted octanol–water partition coefficient (Wildman–Crippen LogP) is 3.85. The molecule has 1 saturated heterocycles. The van der Waals surface area contributed by atoms with Crippen LogP contribution in [-0.2, 0) is 20.7 Å². The van der Waals surface area contributed by atoms with Gasteiger partial charge in [-0.25, -0.2) is 4.79 Å². The number of aliphatic carboxylic acids is 1. The molecule has 7 nitrogen and oxygen atoms in total. The van der Waals surface area contributed by atoms with Crippen LogP contribution in [0.15, 0.2) is 60.7 Å². The second kappa shape index (κ2) is 12.3. The van der Waals surface area contributed by atoms with Crippen molar-refractivity contribution in [1.82, 2.24) is 9.80 Å². The lowest BCUT2D eigenvalue weighted by Gasteiger charge is -2.34. The summed E-state index contributed by atoms with van der Waals surface area (Å²) < 4.78 is 5.27. The van der Waals surface area contributed by atoms with E-state index in [1.165, 1.54) is 9.80 Å². The normalized spacial score (nSPS) is 18.5. The van der Waals surface area contributed by atoms with Gasteiger partial charge in [-0.15, -0.1) is 0 Å². The van der Waals surface area contributed by atoms with Gasteiger partial charge < -0.3 is 14.7 Å². The van der Waals surface area contributed by atoms with Crippen molar-refractivity contribution in [3.63, 3.8) is 0 Å². The number of benzene rings is 2. The second-order valence-electron chi connectivity index (χ2n) is 7.82. The van der Waals surface area contributed by atoms with E-state index in [9.17, 15) is 19.5 Å². The molecule has 2 aromatic carbocycles. The van der Waals surface area contributed by atoms with Crippen molar-refractivity contribution < 1.29 is 24.2 Å². The molecule has 2 amide bonds. The van der Waals surface area contributed by atoms with Crippen molar-refractivity contribution >= 4 is 29.7 Å². The van der Waals surface area contributed by atoms with Crippen LogP contribution in [0.25, 0.3) is 0 Å². The van der Waals surface area contributed by atoms with Crippen LogP contribution in [0.4, 0.5) is 4.79 Å². The van der Waals surface area contributed by atoms with E-state index >= 15 is 0 Å². The zero-order chi connectivity index (χ0) is 23.6. The first-order valence-corrected chi connectivity index (χ1v) is 12.3. The van der Waals surface area contributed by atoms with Crippen LogP contribution in [0.2, 0.25) is 0 Å². The maximum atomic E-state index is 13.6. The number of hydrogen-bond acceptors (Lipinski definition) is 5. The minimum absolute atomic E-state index is 0.202. The molecule has 0 radical (unpaired) electrons. The SMILES string of the molecule is CCOC(=O)N(CCCc1ccccc1)[C@H]1CSC[C@@H](c2ccccc2)N(CC(=O)O)C1=O. The summed E-state index contributed by atoms with van der Waals surface area (Å²) in [5, 5.41) is 9.52. The lowest BCUT2D eigenvalue weighted by atomic mass is 10.1. The lowest BCUT2D eigenvalue weighted by molar-refractivity contribution is -0.148. The number of rotatable bonds is 9. The Bertz CT molecular complexity index is 925. The molecular formula is C25H30N2O5S. The number of carboxylic acid groups (broad SMARTS) is 1. The van der Waals surface area contributed by atoms with Crippen LogP contribution < -0.4 is 0 Å². The van der Waals surface area contributed by atoms with Crippen molar-refractivity contribution in [2.24, 2.45) is 0 Å². The third-order valence-electron chi connectivity index (χ3n) is 5.57. The molecule has 1 aliphatic heterocycles. The van der Waals surface area contributed by atoms with Gasteiger partial charge in [0.25, 0.3) is 0 Å². The fourth-order valence-electron chi connectivity index (χ4n) is 3.98. The van der Waals surface area contributed by atoms with Gasteiger partial charge >= 0.3 is 12.1 Å². The molecule has 2 aromatic rings. The molecule has 0 aromatic heterocycles. The van der Waals surface area contributed by atoms with Gasteiger partial charge in [0, 0.05) is 18.1 Å². The van der Waals surface area contributed by atoms with E-state index in [2.05, 4.69) is 0 Å². The Balaban J connectivity index is 1.82. The number of ether oxygens (including phenoxy) is 1. The average molecular weight is 471 g/mol. The highest BCUT2D eigenvalue weighted by molar-refractivity contribution is 7.99. The van der Waals surface area contributed by atoms with E-state index in [4.69, 9.17) is 4.74 Å². The van der Waals surface area contributed by atoms with Crippen LogP contribution in [0.1, 0.15) is 30.5 Å².